The number of sulfonamides is 1. The summed E-state index contributed by atoms with van der Waals surface area (Å²) in [6.45, 7) is 1.70. The molecule has 0 radical (unpaired) electrons. The highest BCUT2D eigenvalue weighted by Crippen LogP contribution is 2.30. The fourth-order valence-electron chi connectivity index (χ4n) is 2.63. The molecule has 8 nitrogen and oxygen atoms in total. The minimum Gasteiger partial charge on any atom is -0.496 e. The molecule has 126 valence electrons. The smallest absolute Gasteiger partial charge is 0.308 e. The maximum Gasteiger partial charge on any atom is 0.308 e. The van der Waals surface area contributed by atoms with Crippen LogP contribution in [-0.2, 0) is 14.8 Å². The molecule has 1 amide bonds. The highest BCUT2D eigenvalue weighted by molar-refractivity contribution is 7.89. The number of carboxylic acid groups (broad SMARTS) is 1. The lowest BCUT2D eigenvalue weighted by Crippen LogP contribution is -2.30. The standard InChI is InChI=1S/C14H18N2O6S/c1-8-6-16(7-11(8)14(18)19)23(20,21)9-3-4-12(22-2)10(5-9)13(15)17/h3-5,8,11H,6-7H2,1-2H3,(H2,15,17)(H,18,19)/t8-,11-/m1/s1. The van der Waals surface area contributed by atoms with Crippen LogP contribution in [-0.4, -0.2) is 49.9 Å². The van der Waals surface area contributed by atoms with Crippen molar-refractivity contribution in [2.24, 2.45) is 17.6 Å². The van der Waals surface area contributed by atoms with E-state index in [1.54, 1.807) is 6.92 Å². The lowest BCUT2D eigenvalue weighted by Gasteiger charge is -2.17. The molecule has 1 saturated heterocycles. The number of primary amides is 1. The summed E-state index contributed by atoms with van der Waals surface area (Å²) in [6.07, 6.45) is 0. The molecule has 1 aliphatic heterocycles. The van der Waals surface area contributed by atoms with E-state index in [2.05, 4.69) is 0 Å². The summed E-state index contributed by atoms with van der Waals surface area (Å²) in [5, 5.41) is 9.12. The Kier molecular flexibility index (Phi) is 4.62. The first-order valence-corrected chi connectivity index (χ1v) is 8.33. The van der Waals surface area contributed by atoms with Crippen LogP contribution in [0, 0.1) is 11.8 Å². The third-order valence-electron chi connectivity index (χ3n) is 3.97. The molecule has 0 saturated carbocycles. The van der Waals surface area contributed by atoms with Crippen molar-refractivity contribution < 1.29 is 27.9 Å². The molecular weight excluding hydrogens is 324 g/mol. The lowest BCUT2D eigenvalue weighted by molar-refractivity contribution is -0.142. The zero-order chi connectivity index (χ0) is 17.4. The minimum absolute atomic E-state index is 0.0457. The Bertz CT molecular complexity index is 746. The number of carboxylic acids is 1. The largest absolute Gasteiger partial charge is 0.496 e. The zero-order valence-electron chi connectivity index (χ0n) is 12.7. The monoisotopic (exact) mass is 342 g/mol. The van der Waals surface area contributed by atoms with Gasteiger partial charge in [-0.1, -0.05) is 6.92 Å². The molecular formula is C14H18N2O6S. The van der Waals surface area contributed by atoms with E-state index in [1.165, 1.54) is 19.2 Å². The Labute approximate surface area is 133 Å². The van der Waals surface area contributed by atoms with E-state index in [-0.39, 0.29) is 35.2 Å². The second-order valence-corrected chi connectivity index (χ2v) is 7.41. The summed E-state index contributed by atoms with van der Waals surface area (Å²) >= 11 is 0. The van der Waals surface area contributed by atoms with Gasteiger partial charge < -0.3 is 15.6 Å². The van der Waals surface area contributed by atoms with Crippen molar-refractivity contribution in [3.05, 3.63) is 23.8 Å². The summed E-state index contributed by atoms with van der Waals surface area (Å²) in [6, 6.07) is 3.80. The first-order chi connectivity index (χ1) is 10.7. The van der Waals surface area contributed by atoms with Gasteiger partial charge >= 0.3 is 5.97 Å². The van der Waals surface area contributed by atoms with E-state index < -0.39 is 27.8 Å². The Morgan fingerprint density at radius 2 is 2.00 bits per heavy atom. The number of carbonyl (C=O) groups is 2. The molecule has 2 rings (SSSR count). The van der Waals surface area contributed by atoms with Gasteiger partial charge in [-0.05, 0) is 24.1 Å². The summed E-state index contributed by atoms with van der Waals surface area (Å²) in [5.41, 5.74) is 5.19. The molecule has 0 spiro atoms. The molecule has 0 unspecified atom stereocenters. The van der Waals surface area contributed by atoms with Gasteiger partial charge in [-0.2, -0.15) is 4.31 Å². The van der Waals surface area contributed by atoms with Gasteiger partial charge in [0.25, 0.3) is 5.91 Å². The normalized spacial score (nSPS) is 22.0. The Balaban J connectivity index is 2.39. The number of amides is 1. The van der Waals surface area contributed by atoms with Crippen LogP contribution >= 0.6 is 0 Å². The van der Waals surface area contributed by atoms with Crippen molar-refractivity contribution in [3.63, 3.8) is 0 Å². The van der Waals surface area contributed by atoms with Gasteiger partial charge in [0, 0.05) is 13.1 Å². The Morgan fingerprint density at radius 3 is 2.48 bits per heavy atom. The van der Waals surface area contributed by atoms with Crippen LogP contribution in [0.25, 0.3) is 0 Å². The summed E-state index contributed by atoms with van der Waals surface area (Å²) in [7, 11) is -2.57. The Morgan fingerprint density at radius 1 is 1.35 bits per heavy atom. The van der Waals surface area contributed by atoms with Gasteiger partial charge in [0.05, 0.1) is 23.5 Å². The molecule has 1 fully saturated rings. The number of carbonyl (C=O) groups excluding carboxylic acids is 1. The van der Waals surface area contributed by atoms with E-state index in [1.807, 2.05) is 0 Å². The number of ether oxygens (including phenoxy) is 1. The molecule has 0 bridgehead atoms. The molecule has 1 aromatic carbocycles. The van der Waals surface area contributed by atoms with Crippen LogP contribution < -0.4 is 10.5 Å². The Hall–Kier alpha value is -2.13. The first kappa shape index (κ1) is 17.2. The number of benzene rings is 1. The van der Waals surface area contributed by atoms with Gasteiger partial charge in [0.1, 0.15) is 5.75 Å². The average Bonchev–Trinajstić information content (AvgIpc) is 2.89. The van der Waals surface area contributed by atoms with E-state index in [0.717, 1.165) is 10.4 Å². The number of aliphatic carboxylic acids is 1. The predicted octanol–water partition coefficient (Wildman–Crippen LogP) is 0.135. The van der Waals surface area contributed by atoms with Gasteiger partial charge in [0.15, 0.2) is 0 Å². The molecule has 1 heterocycles. The van der Waals surface area contributed by atoms with Gasteiger partial charge in [-0.25, -0.2) is 8.42 Å². The quantitative estimate of drug-likeness (QED) is 0.783. The fraction of sp³-hybridized carbons (Fsp3) is 0.429. The number of methoxy groups -OCH3 is 1. The fourth-order valence-corrected chi connectivity index (χ4v) is 4.22. The van der Waals surface area contributed by atoms with Crippen LogP contribution in [0.3, 0.4) is 0 Å². The number of nitrogens with two attached hydrogens (primary N) is 1. The second kappa shape index (κ2) is 6.17. The van der Waals surface area contributed by atoms with Crippen LogP contribution in [0.15, 0.2) is 23.1 Å². The van der Waals surface area contributed by atoms with Crippen LogP contribution in [0.1, 0.15) is 17.3 Å². The van der Waals surface area contributed by atoms with Crippen molar-refractivity contribution in [2.75, 3.05) is 20.2 Å². The minimum atomic E-state index is -3.91. The molecule has 0 aliphatic carbocycles. The van der Waals surface area contributed by atoms with Crippen LogP contribution in [0.5, 0.6) is 5.75 Å². The van der Waals surface area contributed by atoms with E-state index in [4.69, 9.17) is 15.6 Å². The third-order valence-corrected chi connectivity index (χ3v) is 5.80. The lowest BCUT2D eigenvalue weighted by atomic mass is 9.99. The SMILES string of the molecule is COc1ccc(S(=O)(=O)N2C[C@@H](C)[C@H](C(=O)O)C2)cc1C(N)=O. The number of nitrogens with zero attached hydrogens (tertiary/aromatic N) is 1. The first-order valence-electron chi connectivity index (χ1n) is 6.89. The summed E-state index contributed by atoms with van der Waals surface area (Å²) < 4.78 is 31.4. The van der Waals surface area contributed by atoms with Crippen molar-refractivity contribution in [2.45, 2.75) is 11.8 Å². The summed E-state index contributed by atoms with van der Waals surface area (Å²) in [4.78, 5) is 22.5. The van der Waals surface area contributed by atoms with Crippen LogP contribution in [0.2, 0.25) is 0 Å². The van der Waals surface area contributed by atoms with Gasteiger partial charge in [-0.15, -0.1) is 0 Å². The maximum atomic E-state index is 12.7. The molecule has 9 heteroatoms. The van der Waals surface area contributed by atoms with Crippen molar-refractivity contribution in [3.8, 4) is 5.75 Å². The average molecular weight is 342 g/mol. The number of hydrogen-bond acceptors (Lipinski definition) is 5. The molecule has 2 atom stereocenters. The maximum absolute atomic E-state index is 12.7. The number of hydrogen-bond donors (Lipinski definition) is 2. The summed E-state index contributed by atoms with van der Waals surface area (Å²) in [5.74, 6) is -2.70. The second-order valence-electron chi connectivity index (χ2n) is 5.47. The molecule has 0 aromatic heterocycles. The zero-order valence-corrected chi connectivity index (χ0v) is 13.5. The van der Waals surface area contributed by atoms with E-state index in [0.29, 0.717) is 0 Å². The number of rotatable bonds is 5. The highest BCUT2D eigenvalue weighted by Gasteiger charge is 2.40. The van der Waals surface area contributed by atoms with Gasteiger partial charge in [0.2, 0.25) is 10.0 Å². The predicted molar refractivity (Wildman–Crippen MR) is 80.6 cm³/mol. The van der Waals surface area contributed by atoms with E-state index >= 15 is 0 Å². The molecule has 23 heavy (non-hydrogen) atoms. The highest BCUT2D eigenvalue weighted by atomic mass is 32.2. The van der Waals surface area contributed by atoms with Crippen molar-refractivity contribution >= 4 is 21.9 Å². The van der Waals surface area contributed by atoms with Crippen molar-refractivity contribution in [1.82, 2.24) is 4.31 Å². The van der Waals surface area contributed by atoms with Gasteiger partial charge in [-0.3, -0.25) is 9.59 Å². The third kappa shape index (κ3) is 3.15. The molecule has 1 aromatic rings. The molecule has 3 N–H and O–H groups in total. The molecule has 1 aliphatic rings. The van der Waals surface area contributed by atoms with Crippen molar-refractivity contribution in [1.29, 1.82) is 0 Å². The topological polar surface area (TPSA) is 127 Å². The van der Waals surface area contributed by atoms with E-state index in [9.17, 15) is 18.0 Å². The van der Waals surface area contributed by atoms with Crippen LogP contribution in [0.4, 0.5) is 0 Å².